The lowest BCUT2D eigenvalue weighted by molar-refractivity contribution is 0.546. The third-order valence-corrected chi connectivity index (χ3v) is 3.89. The SMILES string of the molecule is Cc1ccccc1OC1=NC(Br)=CS1(=O)=O. The maximum absolute atomic E-state index is 11.5. The Bertz CT molecular complexity index is 590. The van der Waals surface area contributed by atoms with Gasteiger partial charge in [-0.15, -0.1) is 0 Å². The summed E-state index contributed by atoms with van der Waals surface area (Å²) in [5.74, 6) is 0.487. The Morgan fingerprint density at radius 2 is 2.00 bits per heavy atom. The summed E-state index contributed by atoms with van der Waals surface area (Å²) in [5, 5.41) is 0.717. The van der Waals surface area contributed by atoms with Crippen LogP contribution in [-0.4, -0.2) is 13.6 Å². The number of aryl methyl sites for hydroxylation is 1. The molecule has 0 aromatic heterocycles. The Kier molecular flexibility index (Phi) is 2.86. The molecule has 0 fully saturated rings. The van der Waals surface area contributed by atoms with Crippen LogP contribution < -0.4 is 4.74 Å². The largest absolute Gasteiger partial charge is 0.430 e. The molecule has 16 heavy (non-hydrogen) atoms. The van der Waals surface area contributed by atoms with Crippen LogP contribution in [0.5, 0.6) is 5.75 Å². The molecule has 1 aromatic carbocycles. The summed E-state index contributed by atoms with van der Waals surface area (Å²) in [5.41, 5.74) is 0.850. The van der Waals surface area contributed by atoms with E-state index in [1.54, 1.807) is 12.1 Å². The van der Waals surface area contributed by atoms with Crippen LogP contribution in [-0.2, 0) is 9.84 Å². The van der Waals surface area contributed by atoms with Crippen molar-refractivity contribution < 1.29 is 13.2 Å². The average Bonchev–Trinajstić information content (AvgIpc) is 2.43. The van der Waals surface area contributed by atoms with E-state index in [1.165, 1.54) is 0 Å². The van der Waals surface area contributed by atoms with Gasteiger partial charge in [0.15, 0.2) is 0 Å². The Labute approximate surface area is 102 Å². The highest BCUT2D eigenvalue weighted by Gasteiger charge is 2.26. The van der Waals surface area contributed by atoms with Crippen LogP contribution in [0, 0.1) is 6.92 Å². The van der Waals surface area contributed by atoms with Gasteiger partial charge >= 0.3 is 5.23 Å². The maximum Gasteiger partial charge on any atom is 0.320 e. The highest BCUT2D eigenvalue weighted by molar-refractivity contribution is 9.11. The van der Waals surface area contributed by atoms with Crippen molar-refractivity contribution in [2.24, 2.45) is 4.99 Å². The van der Waals surface area contributed by atoms with E-state index >= 15 is 0 Å². The van der Waals surface area contributed by atoms with Gasteiger partial charge in [-0.05, 0) is 34.5 Å². The van der Waals surface area contributed by atoms with Crippen molar-refractivity contribution in [3.05, 3.63) is 39.8 Å². The number of rotatable bonds is 1. The highest BCUT2D eigenvalue weighted by Crippen LogP contribution is 2.24. The molecule has 0 saturated carbocycles. The second kappa shape index (κ2) is 4.03. The average molecular weight is 302 g/mol. The molecular weight excluding hydrogens is 294 g/mol. The molecule has 0 radical (unpaired) electrons. The fourth-order valence-electron chi connectivity index (χ4n) is 1.20. The van der Waals surface area contributed by atoms with E-state index in [1.807, 2.05) is 19.1 Å². The summed E-state index contributed by atoms with van der Waals surface area (Å²) >= 11 is 3.00. The van der Waals surface area contributed by atoms with Crippen molar-refractivity contribution >= 4 is 31.0 Å². The van der Waals surface area contributed by atoms with Gasteiger partial charge in [0, 0.05) is 0 Å². The van der Waals surface area contributed by atoms with Gasteiger partial charge in [0.05, 0.1) is 5.41 Å². The molecule has 2 rings (SSSR count). The summed E-state index contributed by atoms with van der Waals surface area (Å²) < 4.78 is 28.6. The number of hydrogen-bond acceptors (Lipinski definition) is 4. The van der Waals surface area contributed by atoms with E-state index in [9.17, 15) is 8.42 Å². The van der Waals surface area contributed by atoms with Crippen LogP contribution in [0.3, 0.4) is 0 Å². The first-order valence-corrected chi connectivity index (χ1v) is 6.77. The number of hydrogen-bond donors (Lipinski definition) is 0. The molecule has 4 nitrogen and oxygen atoms in total. The van der Waals surface area contributed by atoms with Crippen LogP contribution in [0.15, 0.2) is 39.3 Å². The van der Waals surface area contributed by atoms with E-state index in [4.69, 9.17) is 4.74 Å². The third kappa shape index (κ3) is 2.17. The molecule has 0 spiro atoms. The van der Waals surface area contributed by atoms with Crippen LogP contribution in [0.1, 0.15) is 5.56 Å². The molecule has 0 atom stereocenters. The number of para-hydroxylation sites is 1. The van der Waals surface area contributed by atoms with Gasteiger partial charge < -0.3 is 4.74 Å². The van der Waals surface area contributed by atoms with Crippen molar-refractivity contribution in [3.63, 3.8) is 0 Å². The first kappa shape index (κ1) is 11.3. The molecular formula is C10H8BrNO3S. The minimum absolute atomic E-state index is 0.246. The normalized spacial score (nSPS) is 17.9. The predicted molar refractivity (Wildman–Crippen MR) is 65.2 cm³/mol. The number of ether oxygens (including phenoxy) is 1. The third-order valence-electron chi connectivity index (χ3n) is 1.98. The van der Waals surface area contributed by atoms with Crippen molar-refractivity contribution in [2.75, 3.05) is 0 Å². The second-order valence-electron chi connectivity index (χ2n) is 3.23. The number of benzene rings is 1. The summed E-state index contributed by atoms with van der Waals surface area (Å²) in [7, 11) is -3.53. The van der Waals surface area contributed by atoms with Crippen molar-refractivity contribution in [3.8, 4) is 5.75 Å². The van der Waals surface area contributed by atoms with Gasteiger partial charge in [0.2, 0.25) is 0 Å². The topological polar surface area (TPSA) is 55.7 Å². The molecule has 1 aromatic rings. The van der Waals surface area contributed by atoms with E-state index < -0.39 is 9.84 Å². The first-order valence-electron chi connectivity index (χ1n) is 4.43. The molecule has 1 heterocycles. The van der Waals surface area contributed by atoms with Gasteiger partial charge in [-0.2, -0.15) is 4.99 Å². The molecule has 0 aliphatic carbocycles. The molecule has 0 amide bonds. The number of halogens is 1. The van der Waals surface area contributed by atoms with Crippen molar-refractivity contribution in [2.45, 2.75) is 6.92 Å². The van der Waals surface area contributed by atoms with Crippen molar-refractivity contribution in [1.29, 1.82) is 0 Å². The van der Waals surface area contributed by atoms with Crippen LogP contribution in [0.25, 0.3) is 0 Å². The molecule has 84 valence electrons. The molecule has 1 aliphatic heterocycles. The lowest BCUT2D eigenvalue weighted by Gasteiger charge is -2.06. The number of aliphatic imine (C=N–C) groups is 1. The minimum atomic E-state index is -3.53. The zero-order valence-corrected chi connectivity index (χ0v) is 10.7. The molecule has 6 heteroatoms. The Hall–Kier alpha value is -1.14. The smallest absolute Gasteiger partial charge is 0.320 e. The summed E-state index contributed by atoms with van der Waals surface area (Å²) in [6.07, 6.45) is 0. The van der Waals surface area contributed by atoms with Gasteiger partial charge in [0.25, 0.3) is 9.84 Å². The Morgan fingerprint density at radius 3 is 2.56 bits per heavy atom. The minimum Gasteiger partial charge on any atom is -0.430 e. The monoisotopic (exact) mass is 301 g/mol. The van der Waals surface area contributed by atoms with Gasteiger partial charge in [-0.1, -0.05) is 18.2 Å². The quantitative estimate of drug-likeness (QED) is 0.748. The van der Waals surface area contributed by atoms with Gasteiger partial charge in [0.1, 0.15) is 10.4 Å². The first-order chi connectivity index (χ1) is 7.49. The zero-order valence-electron chi connectivity index (χ0n) is 8.34. The van der Waals surface area contributed by atoms with E-state index in [0.717, 1.165) is 11.0 Å². The standard InChI is InChI=1S/C10H8BrNO3S/c1-7-4-2-3-5-8(7)15-10-12-9(11)6-16(10,13)14/h2-6H,1H3. The van der Waals surface area contributed by atoms with Gasteiger partial charge in [-0.25, -0.2) is 8.42 Å². The fraction of sp³-hybridized carbons (Fsp3) is 0.100. The Morgan fingerprint density at radius 1 is 1.31 bits per heavy atom. The van der Waals surface area contributed by atoms with Gasteiger partial charge in [-0.3, -0.25) is 0 Å². The van der Waals surface area contributed by atoms with Crippen LogP contribution in [0.4, 0.5) is 0 Å². The number of sulfone groups is 1. The summed E-state index contributed by atoms with van der Waals surface area (Å²) in [4.78, 5) is 3.76. The summed E-state index contributed by atoms with van der Waals surface area (Å²) in [6, 6.07) is 7.15. The Balaban J connectivity index is 2.32. The van der Waals surface area contributed by atoms with E-state index in [2.05, 4.69) is 20.9 Å². The fourth-order valence-corrected chi connectivity index (χ4v) is 3.06. The molecule has 1 aliphatic rings. The molecule has 0 unspecified atom stereocenters. The van der Waals surface area contributed by atoms with Crippen molar-refractivity contribution in [1.82, 2.24) is 0 Å². The molecule has 0 bridgehead atoms. The predicted octanol–water partition coefficient (Wildman–Crippen LogP) is 2.35. The van der Waals surface area contributed by atoms with Crippen LogP contribution in [0.2, 0.25) is 0 Å². The van der Waals surface area contributed by atoms with E-state index in [-0.39, 0.29) is 9.84 Å². The number of nitrogens with zero attached hydrogens (tertiary/aromatic N) is 1. The lowest BCUT2D eigenvalue weighted by Crippen LogP contribution is -2.16. The summed E-state index contributed by atoms with van der Waals surface area (Å²) in [6.45, 7) is 1.83. The highest BCUT2D eigenvalue weighted by atomic mass is 79.9. The molecule has 0 saturated heterocycles. The molecule has 0 N–H and O–H groups in total. The van der Waals surface area contributed by atoms with E-state index in [0.29, 0.717) is 5.75 Å². The zero-order chi connectivity index (χ0) is 11.8. The second-order valence-corrected chi connectivity index (χ2v) is 5.72. The van der Waals surface area contributed by atoms with Crippen LogP contribution >= 0.6 is 15.9 Å². The lowest BCUT2D eigenvalue weighted by atomic mass is 10.2. The maximum atomic E-state index is 11.5.